The predicted molar refractivity (Wildman–Crippen MR) is 56.7 cm³/mol. The van der Waals surface area contributed by atoms with Gasteiger partial charge in [0.1, 0.15) is 23.0 Å². The molecule has 1 aromatic rings. The van der Waals surface area contributed by atoms with Crippen LogP contribution in [0.25, 0.3) is 0 Å². The highest BCUT2D eigenvalue weighted by Gasteiger charge is 2.20. The number of nitrogens with one attached hydrogen (secondary N) is 1. The lowest BCUT2D eigenvalue weighted by Crippen LogP contribution is -2.34. The Morgan fingerprint density at radius 1 is 1.41 bits per heavy atom. The van der Waals surface area contributed by atoms with Gasteiger partial charge in [-0.2, -0.15) is 0 Å². The predicted octanol–water partition coefficient (Wildman–Crippen LogP) is 2.25. The average molecular weight is 241 g/mol. The quantitative estimate of drug-likeness (QED) is 0.808. The maximum absolute atomic E-state index is 13.2. The van der Waals surface area contributed by atoms with Gasteiger partial charge in [0.15, 0.2) is 0 Å². The second-order valence-corrected chi connectivity index (χ2v) is 3.35. The van der Waals surface area contributed by atoms with E-state index in [1.165, 1.54) is 0 Å². The first kappa shape index (κ1) is 13.1. The summed E-state index contributed by atoms with van der Waals surface area (Å²) >= 11 is 0. The molecule has 0 radical (unpaired) electrons. The van der Waals surface area contributed by atoms with Gasteiger partial charge in [0.05, 0.1) is 6.04 Å². The molecule has 0 aliphatic heterocycles. The van der Waals surface area contributed by atoms with Gasteiger partial charge in [-0.1, -0.05) is 12.8 Å². The molecule has 1 unspecified atom stereocenters. The molecule has 17 heavy (non-hydrogen) atoms. The van der Waals surface area contributed by atoms with Gasteiger partial charge >= 0.3 is 0 Å². The van der Waals surface area contributed by atoms with Gasteiger partial charge in [0, 0.05) is 12.1 Å². The van der Waals surface area contributed by atoms with E-state index < -0.39 is 35.0 Å². The molecule has 1 amide bonds. The Kier molecular flexibility index (Phi) is 4.16. The van der Waals surface area contributed by atoms with Crippen molar-refractivity contribution in [3.8, 4) is 12.3 Å². The van der Waals surface area contributed by atoms with E-state index in [2.05, 4.69) is 11.2 Å². The van der Waals surface area contributed by atoms with E-state index in [1.54, 1.807) is 6.92 Å². The number of terminal acetylenes is 1. The van der Waals surface area contributed by atoms with Crippen molar-refractivity contribution in [2.24, 2.45) is 0 Å². The van der Waals surface area contributed by atoms with Crippen LogP contribution >= 0.6 is 0 Å². The third kappa shape index (κ3) is 3.00. The van der Waals surface area contributed by atoms with Gasteiger partial charge in [0.25, 0.3) is 5.91 Å². The zero-order chi connectivity index (χ0) is 13.0. The SMILES string of the molecule is C#CC(CC)NC(=O)c1c(F)cc(F)cc1F. The van der Waals surface area contributed by atoms with Crippen LogP contribution in [0.3, 0.4) is 0 Å². The summed E-state index contributed by atoms with van der Waals surface area (Å²) in [6.45, 7) is 1.71. The minimum atomic E-state index is -1.26. The number of halogens is 3. The molecule has 90 valence electrons. The number of rotatable bonds is 3. The molecule has 1 aromatic carbocycles. The highest BCUT2D eigenvalue weighted by atomic mass is 19.1. The van der Waals surface area contributed by atoms with Crippen LogP contribution in [0.15, 0.2) is 12.1 Å². The van der Waals surface area contributed by atoms with E-state index >= 15 is 0 Å². The molecule has 2 nitrogen and oxygen atoms in total. The second-order valence-electron chi connectivity index (χ2n) is 3.35. The highest BCUT2D eigenvalue weighted by Crippen LogP contribution is 2.14. The van der Waals surface area contributed by atoms with E-state index in [9.17, 15) is 18.0 Å². The van der Waals surface area contributed by atoms with Crippen LogP contribution in [0.5, 0.6) is 0 Å². The normalized spacial score (nSPS) is 11.7. The molecule has 0 saturated carbocycles. The summed E-state index contributed by atoms with van der Waals surface area (Å²) in [7, 11) is 0. The molecule has 5 heteroatoms. The maximum Gasteiger partial charge on any atom is 0.258 e. The van der Waals surface area contributed by atoms with Crippen molar-refractivity contribution in [2.75, 3.05) is 0 Å². The van der Waals surface area contributed by atoms with Crippen molar-refractivity contribution in [1.29, 1.82) is 0 Å². The van der Waals surface area contributed by atoms with E-state index in [1.807, 2.05) is 0 Å². The third-order valence-electron chi connectivity index (χ3n) is 2.15. The molecular formula is C12H10F3NO. The average Bonchev–Trinajstić information content (AvgIpc) is 2.24. The maximum atomic E-state index is 13.2. The van der Waals surface area contributed by atoms with Crippen LogP contribution in [-0.2, 0) is 0 Å². The van der Waals surface area contributed by atoms with Crippen molar-refractivity contribution in [3.05, 3.63) is 35.1 Å². The van der Waals surface area contributed by atoms with Crippen molar-refractivity contribution < 1.29 is 18.0 Å². The number of benzene rings is 1. The topological polar surface area (TPSA) is 29.1 Å². The van der Waals surface area contributed by atoms with Crippen LogP contribution in [0.1, 0.15) is 23.7 Å². The molecular weight excluding hydrogens is 231 g/mol. The molecule has 0 spiro atoms. The summed E-state index contributed by atoms with van der Waals surface area (Å²) in [4.78, 5) is 11.5. The number of amides is 1. The monoisotopic (exact) mass is 241 g/mol. The van der Waals surface area contributed by atoms with Gasteiger partial charge in [-0.3, -0.25) is 4.79 Å². The van der Waals surface area contributed by atoms with Crippen molar-refractivity contribution in [1.82, 2.24) is 5.32 Å². The lowest BCUT2D eigenvalue weighted by atomic mass is 10.1. The summed E-state index contributed by atoms with van der Waals surface area (Å²) < 4.78 is 39.1. The Morgan fingerprint density at radius 2 is 1.94 bits per heavy atom. The van der Waals surface area contributed by atoms with E-state index in [0.29, 0.717) is 18.6 Å². The summed E-state index contributed by atoms with van der Waals surface area (Å²) in [6.07, 6.45) is 5.52. The lowest BCUT2D eigenvalue weighted by Gasteiger charge is -2.11. The smallest absolute Gasteiger partial charge is 0.258 e. The largest absolute Gasteiger partial charge is 0.338 e. The lowest BCUT2D eigenvalue weighted by molar-refractivity contribution is 0.0936. The Bertz CT molecular complexity index is 456. The highest BCUT2D eigenvalue weighted by molar-refractivity contribution is 5.95. The third-order valence-corrected chi connectivity index (χ3v) is 2.15. The fraction of sp³-hybridized carbons (Fsp3) is 0.250. The van der Waals surface area contributed by atoms with Crippen LogP contribution < -0.4 is 5.32 Å². The summed E-state index contributed by atoms with van der Waals surface area (Å²) in [5, 5.41) is 2.26. The molecule has 0 fully saturated rings. The van der Waals surface area contributed by atoms with Gasteiger partial charge in [0.2, 0.25) is 0 Å². The Balaban J connectivity index is 3.02. The first-order chi connectivity index (χ1) is 7.99. The zero-order valence-electron chi connectivity index (χ0n) is 9.06. The van der Waals surface area contributed by atoms with E-state index in [0.717, 1.165) is 0 Å². The van der Waals surface area contributed by atoms with Crippen LogP contribution in [0, 0.1) is 29.8 Å². The first-order valence-corrected chi connectivity index (χ1v) is 4.91. The molecule has 0 saturated heterocycles. The van der Waals surface area contributed by atoms with Gasteiger partial charge < -0.3 is 5.32 Å². The van der Waals surface area contributed by atoms with Crippen LogP contribution in [-0.4, -0.2) is 11.9 Å². The Morgan fingerprint density at radius 3 is 2.35 bits per heavy atom. The number of carbonyl (C=O) groups is 1. The number of hydrogen-bond acceptors (Lipinski definition) is 1. The van der Waals surface area contributed by atoms with Crippen molar-refractivity contribution in [2.45, 2.75) is 19.4 Å². The Hall–Kier alpha value is -1.96. The standard InChI is InChI=1S/C12H10F3NO/c1-3-8(4-2)16-12(17)11-9(14)5-7(13)6-10(11)15/h1,5-6,8H,4H2,2H3,(H,16,17). The van der Waals surface area contributed by atoms with Crippen LogP contribution in [0.4, 0.5) is 13.2 Å². The molecule has 0 bridgehead atoms. The first-order valence-electron chi connectivity index (χ1n) is 4.91. The van der Waals surface area contributed by atoms with Gasteiger partial charge in [-0.05, 0) is 6.42 Å². The molecule has 1 N–H and O–H groups in total. The minimum Gasteiger partial charge on any atom is -0.338 e. The fourth-order valence-corrected chi connectivity index (χ4v) is 1.25. The van der Waals surface area contributed by atoms with Gasteiger partial charge in [-0.25, -0.2) is 13.2 Å². The second kappa shape index (κ2) is 5.39. The number of carbonyl (C=O) groups excluding carboxylic acids is 1. The molecule has 1 rings (SSSR count). The zero-order valence-corrected chi connectivity index (χ0v) is 9.06. The molecule has 0 heterocycles. The number of hydrogen-bond donors (Lipinski definition) is 1. The summed E-state index contributed by atoms with van der Waals surface area (Å²) in [5.41, 5.74) is -0.833. The molecule has 1 atom stereocenters. The molecule has 0 aliphatic carbocycles. The summed E-state index contributed by atoms with van der Waals surface area (Å²) in [5.74, 6) is -2.34. The van der Waals surface area contributed by atoms with Crippen molar-refractivity contribution >= 4 is 5.91 Å². The van der Waals surface area contributed by atoms with E-state index in [4.69, 9.17) is 6.42 Å². The molecule has 0 aliphatic rings. The fourth-order valence-electron chi connectivity index (χ4n) is 1.25. The van der Waals surface area contributed by atoms with Gasteiger partial charge in [-0.15, -0.1) is 6.42 Å². The summed E-state index contributed by atoms with van der Waals surface area (Å²) in [6, 6.07) is 0.259. The van der Waals surface area contributed by atoms with Crippen molar-refractivity contribution in [3.63, 3.8) is 0 Å². The van der Waals surface area contributed by atoms with E-state index in [-0.39, 0.29) is 0 Å². The molecule has 0 aromatic heterocycles. The minimum absolute atomic E-state index is 0.423. The van der Waals surface area contributed by atoms with Crippen LogP contribution in [0.2, 0.25) is 0 Å². The Labute approximate surface area is 96.8 Å².